The highest BCUT2D eigenvalue weighted by atomic mass is 32.2. The molecule has 0 atom stereocenters. The number of rotatable bonds is 3. The number of methoxy groups -OCH3 is 1. The van der Waals surface area contributed by atoms with Crippen molar-refractivity contribution >= 4 is 35.0 Å². The molecule has 1 N–H and O–H groups in total. The third-order valence-corrected chi connectivity index (χ3v) is 3.43. The first-order valence-corrected chi connectivity index (χ1v) is 6.84. The maximum Gasteiger partial charge on any atom is 0.331 e. The van der Waals surface area contributed by atoms with E-state index in [1.807, 2.05) is 6.07 Å². The number of hydrogen-bond acceptors (Lipinski definition) is 7. The van der Waals surface area contributed by atoms with Gasteiger partial charge in [-0.2, -0.15) is 10.4 Å². The number of carbonyl (C=O) groups excluding carboxylic acids is 2. The van der Waals surface area contributed by atoms with E-state index in [2.05, 4.69) is 20.3 Å². The van der Waals surface area contributed by atoms with E-state index < -0.39 is 11.9 Å². The molecule has 2 rings (SSSR count). The minimum atomic E-state index is -0.620. The molecule has 8 heteroatoms. The molecule has 0 spiro atoms. The van der Waals surface area contributed by atoms with E-state index in [0.717, 1.165) is 17.8 Å². The fourth-order valence-corrected chi connectivity index (χ4v) is 2.23. The molecule has 1 saturated heterocycles. The number of carbonyl (C=O) groups is 2. The average Bonchev–Trinajstić information content (AvgIpc) is 2.87. The zero-order chi connectivity index (χ0) is 15.9. The molecule has 0 aromatic heterocycles. The predicted octanol–water partition coefficient (Wildman–Crippen LogP) is 1.17. The van der Waals surface area contributed by atoms with Crippen molar-refractivity contribution in [2.75, 3.05) is 7.11 Å². The fraction of sp³-hybridized carbons (Fsp3) is 0.0714. The molecular weight excluding hydrogens is 304 g/mol. The normalized spacial score (nSPS) is 17.7. The van der Waals surface area contributed by atoms with Gasteiger partial charge in [-0.3, -0.25) is 10.1 Å². The first kappa shape index (κ1) is 15.5. The monoisotopic (exact) mass is 314 g/mol. The first-order valence-electron chi connectivity index (χ1n) is 6.03. The zero-order valence-electron chi connectivity index (χ0n) is 11.4. The highest BCUT2D eigenvalue weighted by Gasteiger charge is 2.24. The molecule has 110 valence electrons. The van der Waals surface area contributed by atoms with Crippen molar-refractivity contribution in [3.05, 3.63) is 46.4 Å². The van der Waals surface area contributed by atoms with Gasteiger partial charge < -0.3 is 4.74 Å². The zero-order valence-corrected chi connectivity index (χ0v) is 12.3. The summed E-state index contributed by atoms with van der Waals surface area (Å²) in [6, 6.07) is 8.96. The number of thioether (sulfide) groups is 1. The van der Waals surface area contributed by atoms with Crippen LogP contribution in [0.1, 0.15) is 11.1 Å². The highest BCUT2D eigenvalue weighted by Crippen LogP contribution is 2.23. The summed E-state index contributed by atoms with van der Waals surface area (Å²) in [6.45, 7) is 0. The van der Waals surface area contributed by atoms with Gasteiger partial charge in [-0.15, -0.1) is 5.10 Å². The first-order chi connectivity index (χ1) is 10.6. The predicted molar refractivity (Wildman–Crippen MR) is 82.0 cm³/mol. The summed E-state index contributed by atoms with van der Waals surface area (Å²) in [5, 5.41) is 19.3. The highest BCUT2D eigenvalue weighted by molar-refractivity contribution is 8.18. The van der Waals surface area contributed by atoms with E-state index >= 15 is 0 Å². The molecule has 1 aliphatic rings. The number of hydrogen-bond donors (Lipinski definition) is 1. The average molecular weight is 314 g/mol. The van der Waals surface area contributed by atoms with Crippen molar-refractivity contribution in [1.82, 2.24) is 5.32 Å². The number of amides is 1. The standard InChI is InChI=1S/C14H10N4O3S/c1-21-12(19)6-11-13(20)17-14(22-11)18-16-8-10-5-3-2-4-9(10)7-15/h2-6,8H,1H3,(H,17,18,20)/b11-6+,16-8?. The van der Waals surface area contributed by atoms with Gasteiger partial charge in [-0.05, 0) is 17.8 Å². The molecule has 22 heavy (non-hydrogen) atoms. The SMILES string of the molecule is COC(=O)/C=C1/S/C(=N\N=Cc2ccccc2C#N)NC1=O. The van der Waals surface area contributed by atoms with Crippen molar-refractivity contribution in [1.29, 1.82) is 5.26 Å². The molecular formula is C14H10N4O3S. The number of benzene rings is 1. The van der Waals surface area contributed by atoms with Gasteiger partial charge in [0.15, 0.2) is 5.17 Å². The lowest BCUT2D eigenvalue weighted by molar-refractivity contribution is -0.135. The molecule has 1 amide bonds. The Balaban J connectivity index is 2.11. The largest absolute Gasteiger partial charge is 0.466 e. The fourth-order valence-electron chi connectivity index (χ4n) is 1.50. The van der Waals surface area contributed by atoms with Crippen LogP contribution in [-0.4, -0.2) is 30.4 Å². The number of nitriles is 1. The molecule has 1 aromatic carbocycles. The van der Waals surface area contributed by atoms with Crippen molar-refractivity contribution in [3.63, 3.8) is 0 Å². The van der Waals surface area contributed by atoms with Gasteiger partial charge >= 0.3 is 5.97 Å². The van der Waals surface area contributed by atoms with Crippen molar-refractivity contribution < 1.29 is 14.3 Å². The Hall–Kier alpha value is -2.92. The molecule has 1 aliphatic heterocycles. The third-order valence-electron chi connectivity index (χ3n) is 2.53. The van der Waals surface area contributed by atoms with Gasteiger partial charge in [0.05, 0.1) is 29.9 Å². The number of nitrogens with zero attached hydrogens (tertiary/aromatic N) is 3. The molecule has 1 fully saturated rings. The quantitative estimate of drug-likeness (QED) is 0.390. The van der Waals surface area contributed by atoms with E-state index in [9.17, 15) is 9.59 Å². The minimum absolute atomic E-state index is 0.179. The molecule has 0 saturated carbocycles. The Morgan fingerprint density at radius 3 is 2.95 bits per heavy atom. The van der Waals surface area contributed by atoms with E-state index in [0.29, 0.717) is 11.1 Å². The Morgan fingerprint density at radius 2 is 2.23 bits per heavy atom. The summed E-state index contributed by atoms with van der Waals surface area (Å²) in [7, 11) is 1.23. The Morgan fingerprint density at radius 1 is 1.45 bits per heavy atom. The Labute approximate surface area is 130 Å². The van der Waals surface area contributed by atoms with Gasteiger partial charge in [0, 0.05) is 11.6 Å². The Bertz CT molecular complexity index is 747. The van der Waals surface area contributed by atoms with Gasteiger partial charge in [0.1, 0.15) is 0 Å². The smallest absolute Gasteiger partial charge is 0.331 e. The molecule has 0 bridgehead atoms. The third kappa shape index (κ3) is 3.80. The lowest BCUT2D eigenvalue weighted by atomic mass is 10.1. The second-order valence-corrected chi connectivity index (χ2v) is 4.97. The van der Waals surface area contributed by atoms with Crippen LogP contribution in [-0.2, 0) is 14.3 Å². The molecule has 7 nitrogen and oxygen atoms in total. The maximum atomic E-state index is 11.6. The van der Waals surface area contributed by atoms with Crippen LogP contribution in [0, 0.1) is 11.3 Å². The van der Waals surface area contributed by atoms with E-state index in [-0.39, 0.29) is 10.1 Å². The van der Waals surface area contributed by atoms with Crippen LogP contribution in [0.2, 0.25) is 0 Å². The van der Waals surface area contributed by atoms with E-state index in [4.69, 9.17) is 5.26 Å². The molecule has 0 unspecified atom stereocenters. The van der Waals surface area contributed by atoms with Crippen molar-refractivity contribution in [3.8, 4) is 6.07 Å². The summed E-state index contributed by atoms with van der Waals surface area (Å²) in [5.74, 6) is -1.06. The number of ether oxygens (including phenoxy) is 1. The number of esters is 1. The van der Waals surface area contributed by atoms with Gasteiger partial charge in [0.2, 0.25) is 0 Å². The van der Waals surface area contributed by atoms with Crippen LogP contribution >= 0.6 is 11.8 Å². The van der Waals surface area contributed by atoms with Crippen LogP contribution in [0.4, 0.5) is 0 Å². The molecule has 0 aliphatic carbocycles. The molecule has 0 radical (unpaired) electrons. The molecule has 1 aromatic rings. The van der Waals surface area contributed by atoms with Crippen molar-refractivity contribution in [2.45, 2.75) is 0 Å². The second kappa shape index (κ2) is 7.19. The summed E-state index contributed by atoms with van der Waals surface area (Å²) < 4.78 is 4.45. The topological polar surface area (TPSA) is 104 Å². The van der Waals surface area contributed by atoms with Crippen LogP contribution in [0.5, 0.6) is 0 Å². The lowest BCUT2D eigenvalue weighted by Crippen LogP contribution is -2.19. The summed E-state index contributed by atoms with van der Waals surface area (Å²) >= 11 is 0.978. The Kier molecular flexibility index (Phi) is 5.06. The maximum absolute atomic E-state index is 11.6. The lowest BCUT2D eigenvalue weighted by Gasteiger charge is -1.94. The number of nitrogens with one attached hydrogen (secondary N) is 1. The summed E-state index contributed by atoms with van der Waals surface area (Å²) in [6.07, 6.45) is 2.50. The van der Waals surface area contributed by atoms with Crippen molar-refractivity contribution in [2.24, 2.45) is 10.2 Å². The van der Waals surface area contributed by atoms with E-state index in [1.165, 1.54) is 13.3 Å². The van der Waals surface area contributed by atoms with Crippen LogP contribution < -0.4 is 5.32 Å². The van der Waals surface area contributed by atoms with Crippen LogP contribution in [0.3, 0.4) is 0 Å². The second-order valence-electron chi connectivity index (χ2n) is 3.94. The van der Waals surface area contributed by atoms with Crippen LogP contribution in [0.15, 0.2) is 45.4 Å². The summed E-state index contributed by atoms with van der Waals surface area (Å²) in [5.41, 5.74) is 1.09. The van der Waals surface area contributed by atoms with Gasteiger partial charge in [-0.25, -0.2) is 4.79 Å². The minimum Gasteiger partial charge on any atom is -0.466 e. The van der Waals surface area contributed by atoms with Crippen LogP contribution in [0.25, 0.3) is 0 Å². The molecule has 1 heterocycles. The summed E-state index contributed by atoms with van der Waals surface area (Å²) in [4.78, 5) is 22.9. The van der Waals surface area contributed by atoms with Gasteiger partial charge in [0.25, 0.3) is 5.91 Å². The van der Waals surface area contributed by atoms with Gasteiger partial charge in [-0.1, -0.05) is 18.2 Å². The number of amidine groups is 1. The van der Waals surface area contributed by atoms with E-state index in [1.54, 1.807) is 24.3 Å².